The second-order valence-corrected chi connectivity index (χ2v) is 6.86. The summed E-state index contributed by atoms with van der Waals surface area (Å²) in [6.45, 7) is 2.60. The maximum absolute atomic E-state index is 12.8. The summed E-state index contributed by atoms with van der Waals surface area (Å²) in [6, 6.07) is 14.5. The van der Waals surface area contributed by atoms with Gasteiger partial charge in [0, 0.05) is 29.4 Å². The third kappa shape index (κ3) is 3.73. The van der Waals surface area contributed by atoms with Gasteiger partial charge in [0.05, 0.1) is 11.2 Å². The van der Waals surface area contributed by atoms with Crippen molar-refractivity contribution >= 4 is 34.1 Å². The van der Waals surface area contributed by atoms with Crippen LogP contribution < -0.4 is 10.6 Å². The number of nitrogens with zero attached hydrogens (tertiary/aromatic N) is 1. The number of benzene rings is 2. The van der Waals surface area contributed by atoms with Gasteiger partial charge in [-0.15, -0.1) is 0 Å². The summed E-state index contributed by atoms with van der Waals surface area (Å²) in [6.07, 6.45) is 2.94. The molecule has 142 valence electrons. The third-order valence-electron chi connectivity index (χ3n) is 4.83. The third-order valence-corrected chi connectivity index (χ3v) is 4.83. The predicted molar refractivity (Wildman–Crippen MR) is 108 cm³/mol. The van der Waals surface area contributed by atoms with Crippen LogP contribution in [0.1, 0.15) is 28.8 Å². The molecule has 2 amide bonds. The van der Waals surface area contributed by atoms with E-state index in [1.807, 2.05) is 31.2 Å². The molecule has 0 spiro atoms. The maximum Gasteiger partial charge on any atom is 0.255 e. The number of nitrogens with one attached hydrogen (secondary N) is 2. The number of anilines is 2. The highest BCUT2D eigenvalue weighted by molar-refractivity contribution is 6.09. The van der Waals surface area contributed by atoms with E-state index in [1.54, 1.807) is 30.5 Å². The van der Waals surface area contributed by atoms with Gasteiger partial charge in [0.1, 0.15) is 6.10 Å². The van der Waals surface area contributed by atoms with Crippen molar-refractivity contribution in [2.75, 3.05) is 17.2 Å². The first kappa shape index (κ1) is 18.1. The lowest BCUT2D eigenvalue weighted by atomic mass is 10.1. The van der Waals surface area contributed by atoms with E-state index >= 15 is 0 Å². The minimum absolute atomic E-state index is 0.175. The highest BCUT2D eigenvalue weighted by atomic mass is 16.5. The normalized spacial score (nSPS) is 16.1. The molecule has 6 heteroatoms. The van der Waals surface area contributed by atoms with Crippen LogP contribution in [-0.4, -0.2) is 29.5 Å². The number of aromatic nitrogens is 1. The number of amides is 2. The van der Waals surface area contributed by atoms with E-state index < -0.39 is 6.10 Å². The van der Waals surface area contributed by atoms with Gasteiger partial charge >= 0.3 is 0 Å². The molecule has 1 atom stereocenters. The van der Waals surface area contributed by atoms with Gasteiger partial charge in [-0.05, 0) is 61.7 Å². The van der Waals surface area contributed by atoms with E-state index in [0.717, 1.165) is 29.3 Å². The fourth-order valence-electron chi connectivity index (χ4n) is 3.36. The molecular weight excluding hydrogens is 354 g/mol. The van der Waals surface area contributed by atoms with Gasteiger partial charge in [-0.3, -0.25) is 14.6 Å². The Morgan fingerprint density at radius 1 is 1.11 bits per heavy atom. The molecule has 6 nitrogen and oxygen atoms in total. The summed E-state index contributed by atoms with van der Waals surface area (Å²) in [5, 5.41) is 6.66. The first-order valence-corrected chi connectivity index (χ1v) is 9.30. The summed E-state index contributed by atoms with van der Waals surface area (Å²) >= 11 is 0. The summed E-state index contributed by atoms with van der Waals surface area (Å²) in [5.74, 6) is -0.423. The average molecular weight is 375 g/mol. The van der Waals surface area contributed by atoms with E-state index in [9.17, 15) is 9.59 Å². The lowest BCUT2D eigenvalue weighted by Gasteiger charge is -2.12. The Morgan fingerprint density at radius 2 is 2.00 bits per heavy atom. The fraction of sp³-hybridized carbons (Fsp3) is 0.227. The molecule has 0 unspecified atom stereocenters. The van der Waals surface area contributed by atoms with Gasteiger partial charge in [-0.25, -0.2) is 0 Å². The molecule has 0 saturated carbocycles. The van der Waals surface area contributed by atoms with Crippen molar-refractivity contribution < 1.29 is 14.3 Å². The van der Waals surface area contributed by atoms with Crippen LogP contribution >= 0.6 is 0 Å². The number of rotatable bonds is 4. The number of pyridine rings is 1. The summed E-state index contributed by atoms with van der Waals surface area (Å²) in [7, 11) is 0. The molecule has 1 aromatic heterocycles. The minimum Gasteiger partial charge on any atom is -0.368 e. The van der Waals surface area contributed by atoms with Crippen LogP contribution in [-0.2, 0) is 9.53 Å². The maximum atomic E-state index is 12.8. The van der Waals surface area contributed by atoms with Crippen LogP contribution in [0.3, 0.4) is 0 Å². The number of carbonyl (C=O) groups is 2. The second-order valence-electron chi connectivity index (χ2n) is 6.86. The SMILES string of the molecule is Cc1ccc(NC(=O)c2cccc(NC(=O)[C@@H]3CCCO3)c2)c2cccnc12. The zero-order chi connectivity index (χ0) is 19.5. The van der Waals surface area contributed by atoms with Crippen molar-refractivity contribution in [3.8, 4) is 0 Å². The zero-order valence-corrected chi connectivity index (χ0v) is 15.6. The molecule has 2 N–H and O–H groups in total. The molecule has 28 heavy (non-hydrogen) atoms. The Hall–Kier alpha value is -3.25. The summed E-state index contributed by atoms with van der Waals surface area (Å²) < 4.78 is 5.40. The first-order valence-electron chi connectivity index (χ1n) is 9.30. The van der Waals surface area contributed by atoms with Crippen molar-refractivity contribution in [1.29, 1.82) is 0 Å². The van der Waals surface area contributed by atoms with Gasteiger partial charge in [0.2, 0.25) is 0 Å². The lowest BCUT2D eigenvalue weighted by Crippen LogP contribution is -2.27. The Kier molecular flexibility index (Phi) is 5.04. The monoisotopic (exact) mass is 375 g/mol. The Bertz CT molecular complexity index is 1040. The van der Waals surface area contributed by atoms with Crippen LogP contribution in [0.2, 0.25) is 0 Å². The van der Waals surface area contributed by atoms with Crippen LogP contribution in [0, 0.1) is 6.92 Å². The van der Waals surface area contributed by atoms with E-state index in [2.05, 4.69) is 15.6 Å². The molecule has 0 bridgehead atoms. The lowest BCUT2D eigenvalue weighted by molar-refractivity contribution is -0.124. The molecule has 1 aliphatic rings. The first-order chi connectivity index (χ1) is 13.6. The molecule has 2 aromatic carbocycles. The largest absolute Gasteiger partial charge is 0.368 e. The van der Waals surface area contributed by atoms with E-state index in [1.165, 1.54) is 0 Å². The van der Waals surface area contributed by atoms with E-state index in [4.69, 9.17) is 4.74 Å². The molecular formula is C22H21N3O3. The molecule has 1 aliphatic heterocycles. The van der Waals surface area contributed by atoms with Crippen LogP contribution in [0.5, 0.6) is 0 Å². The molecule has 0 radical (unpaired) electrons. The molecule has 4 rings (SSSR count). The van der Waals surface area contributed by atoms with Gasteiger partial charge < -0.3 is 15.4 Å². The van der Waals surface area contributed by atoms with Crippen molar-refractivity contribution in [2.45, 2.75) is 25.9 Å². The molecule has 2 heterocycles. The van der Waals surface area contributed by atoms with Gasteiger partial charge in [0.15, 0.2) is 0 Å². The Labute approximate surface area is 162 Å². The average Bonchev–Trinajstić information content (AvgIpc) is 3.25. The molecule has 1 saturated heterocycles. The number of ether oxygens (including phenoxy) is 1. The van der Waals surface area contributed by atoms with Gasteiger partial charge in [0.25, 0.3) is 11.8 Å². The Morgan fingerprint density at radius 3 is 2.82 bits per heavy atom. The number of fused-ring (bicyclic) bond motifs is 1. The molecule has 3 aromatic rings. The van der Waals surface area contributed by atoms with Crippen LogP contribution in [0.15, 0.2) is 54.7 Å². The van der Waals surface area contributed by atoms with Crippen molar-refractivity contribution in [3.05, 3.63) is 65.9 Å². The van der Waals surface area contributed by atoms with E-state index in [0.29, 0.717) is 23.5 Å². The Balaban J connectivity index is 1.53. The van der Waals surface area contributed by atoms with Crippen LogP contribution in [0.4, 0.5) is 11.4 Å². The number of carbonyl (C=O) groups excluding carboxylic acids is 2. The highest BCUT2D eigenvalue weighted by Gasteiger charge is 2.23. The van der Waals surface area contributed by atoms with Gasteiger partial charge in [-0.1, -0.05) is 12.1 Å². The minimum atomic E-state index is -0.413. The summed E-state index contributed by atoms with van der Waals surface area (Å²) in [5.41, 5.74) is 3.64. The van der Waals surface area contributed by atoms with E-state index in [-0.39, 0.29) is 11.8 Å². The highest BCUT2D eigenvalue weighted by Crippen LogP contribution is 2.25. The fourth-order valence-corrected chi connectivity index (χ4v) is 3.36. The standard InChI is InChI=1S/C22H21N3O3/c1-14-9-10-18(17-7-3-11-23-20(14)17)25-21(26)15-5-2-6-16(13-15)24-22(27)19-8-4-12-28-19/h2-3,5-7,9-11,13,19H,4,8,12H2,1H3,(H,24,27)(H,25,26)/t19-/m0/s1. The topological polar surface area (TPSA) is 80.3 Å². The number of aryl methyl sites for hydroxylation is 1. The quantitative estimate of drug-likeness (QED) is 0.724. The molecule has 1 fully saturated rings. The van der Waals surface area contributed by atoms with Crippen molar-refractivity contribution in [2.24, 2.45) is 0 Å². The van der Waals surface area contributed by atoms with Gasteiger partial charge in [-0.2, -0.15) is 0 Å². The molecule has 0 aliphatic carbocycles. The van der Waals surface area contributed by atoms with Crippen molar-refractivity contribution in [3.63, 3.8) is 0 Å². The number of hydrogen-bond donors (Lipinski definition) is 2. The predicted octanol–water partition coefficient (Wildman–Crippen LogP) is 3.91. The second kappa shape index (κ2) is 7.78. The smallest absolute Gasteiger partial charge is 0.255 e. The van der Waals surface area contributed by atoms with Crippen molar-refractivity contribution in [1.82, 2.24) is 4.98 Å². The summed E-state index contributed by atoms with van der Waals surface area (Å²) in [4.78, 5) is 29.4. The zero-order valence-electron chi connectivity index (χ0n) is 15.6. The van der Waals surface area contributed by atoms with Crippen LogP contribution in [0.25, 0.3) is 10.9 Å². The number of hydrogen-bond acceptors (Lipinski definition) is 4.